The lowest BCUT2D eigenvalue weighted by Gasteiger charge is -2.09. The van der Waals surface area contributed by atoms with E-state index in [2.05, 4.69) is 27.8 Å². The van der Waals surface area contributed by atoms with E-state index >= 15 is 0 Å². The van der Waals surface area contributed by atoms with Crippen LogP contribution in [0.1, 0.15) is 13.3 Å². The summed E-state index contributed by atoms with van der Waals surface area (Å²) in [7, 11) is 0. The number of anilines is 1. The highest BCUT2D eigenvalue weighted by Crippen LogP contribution is 2.17. The normalized spacial score (nSPS) is 10.2. The van der Waals surface area contributed by atoms with Crippen molar-refractivity contribution in [3.05, 3.63) is 30.6 Å². The third-order valence-electron chi connectivity index (χ3n) is 2.07. The minimum absolute atomic E-state index is 0.944. The van der Waals surface area contributed by atoms with Crippen LogP contribution in [0, 0.1) is 0 Å². The predicted molar refractivity (Wildman–Crippen MR) is 57.9 cm³/mol. The fourth-order valence-corrected chi connectivity index (χ4v) is 1.35. The van der Waals surface area contributed by atoms with Crippen molar-refractivity contribution in [2.75, 3.05) is 11.9 Å². The molecule has 0 saturated heterocycles. The Morgan fingerprint density at radius 2 is 2.20 bits per heavy atom. The summed E-state index contributed by atoms with van der Waals surface area (Å²) < 4.78 is 1.65. The van der Waals surface area contributed by atoms with Crippen molar-refractivity contribution in [3.63, 3.8) is 0 Å². The maximum Gasteiger partial charge on any atom is 0.143 e. The molecular weight excluding hydrogens is 190 g/mol. The van der Waals surface area contributed by atoms with Gasteiger partial charge < -0.3 is 5.32 Å². The highest BCUT2D eigenvalue weighted by molar-refractivity contribution is 5.60. The molecule has 0 amide bonds. The van der Waals surface area contributed by atoms with Gasteiger partial charge in [-0.3, -0.25) is 0 Å². The van der Waals surface area contributed by atoms with E-state index < -0.39 is 0 Å². The van der Waals surface area contributed by atoms with E-state index in [4.69, 9.17) is 0 Å². The Morgan fingerprint density at radius 3 is 2.93 bits per heavy atom. The molecule has 5 heteroatoms. The van der Waals surface area contributed by atoms with E-state index in [0.29, 0.717) is 0 Å². The minimum Gasteiger partial charge on any atom is -0.383 e. The molecule has 0 saturated carbocycles. The molecule has 5 nitrogen and oxygen atoms in total. The minimum atomic E-state index is 0.944. The summed E-state index contributed by atoms with van der Waals surface area (Å²) in [6.45, 7) is 3.08. The smallest absolute Gasteiger partial charge is 0.143 e. The lowest BCUT2D eigenvalue weighted by Crippen LogP contribution is -2.05. The average Bonchev–Trinajstić information content (AvgIpc) is 2.80. The second-order valence-corrected chi connectivity index (χ2v) is 3.20. The van der Waals surface area contributed by atoms with Crippen LogP contribution in [-0.2, 0) is 0 Å². The van der Waals surface area contributed by atoms with Crippen LogP contribution in [0.3, 0.4) is 0 Å². The fraction of sp³-hybridized carbons (Fsp3) is 0.300. The molecule has 0 fully saturated rings. The zero-order chi connectivity index (χ0) is 10.5. The van der Waals surface area contributed by atoms with Gasteiger partial charge in [0, 0.05) is 6.54 Å². The Bertz CT molecular complexity index is 410. The molecule has 0 spiro atoms. The molecule has 0 aliphatic carbocycles. The van der Waals surface area contributed by atoms with Gasteiger partial charge in [0.15, 0.2) is 0 Å². The number of aromatic nitrogens is 4. The molecule has 0 radical (unpaired) electrons. The summed E-state index contributed by atoms with van der Waals surface area (Å²) in [4.78, 5) is 0. The molecule has 0 atom stereocenters. The Balaban J connectivity index is 2.30. The largest absolute Gasteiger partial charge is 0.383 e. The van der Waals surface area contributed by atoms with Gasteiger partial charge in [0.2, 0.25) is 0 Å². The third kappa shape index (κ3) is 2.12. The molecule has 0 aliphatic rings. The second-order valence-electron chi connectivity index (χ2n) is 3.20. The van der Waals surface area contributed by atoms with Crippen molar-refractivity contribution >= 4 is 5.69 Å². The van der Waals surface area contributed by atoms with Crippen molar-refractivity contribution in [3.8, 4) is 5.69 Å². The van der Waals surface area contributed by atoms with Crippen molar-refractivity contribution in [1.82, 2.24) is 20.2 Å². The number of nitrogens with zero attached hydrogens (tertiary/aromatic N) is 4. The molecule has 2 aromatic rings. The van der Waals surface area contributed by atoms with Gasteiger partial charge in [-0.15, -0.1) is 5.10 Å². The van der Waals surface area contributed by atoms with Gasteiger partial charge in [-0.2, -0.15) is 4.68 Å². The molecule has 1 aromatic heterocycles. The van der Waals surface area contributed by atoms with Crippen LogP contribution in [0.5, 0.6) is 0 Å². The molecule has 0 aliphatic heterocycles. The van der Waals surface area contributed by atoms with E-state index in [1.165, 1.54) is 0 Å². The maximum absolute atomic E-state index is 3.87. The Labute approximate surface area is 88.1 Å². The van der Waals surface area contributed by atoms with Gasteiger partial charge in [-0.25, -0.2) is 0 Å². The topological polar surface area (TPSA) is 55.6 Å². The van der Waals surface area contributed by atoms with Gasteiger partial charge in [-0.05, 0) is 29.0 Å². The first kappa shape index (κ1) is 9.64. The summed E-state index contributed by atoms with van der Waals surface area (Å²) in [6, 6.07) is 7.96. The molecule has 78 valence electrons. The standard InChI is InChI=1S/C10H13N5/c1-2-7-11-9-5-3-4-6-10(9)15-8-12-13-14-15/h3-6,8,11H,2,7H2,1H3. The third-order valence-corrected chi connectivity index (χ3v) is 2.07. The number of hydrogen-bond acceptors (Lipinski definition) is 4. The monoisotopic (exact) mass is 203 g/mol. The van der Waals surface area contributed by atoms with Gasteiger partial charge in [-0.1, -0.05) is 19.1 Å². The Kier molecular flexibility index (Phi) is 2.92. The van der Waals surface area contributed by atoms with Crippen LogP contribution >= 0.6 is 0 Å². The lowest BCUT2D eigenvalue weighted by molar-refractivity contribution is 0.789. The van der Waals surface area contributed by atoms with E-state index in [1.54, 1.807) is 11.0 Å². The van der Waals surface area contributed by atoms with Crippen LogP contribution < -0.4 is 5.32 Å². The fourth-order valence-electron chi connectivity index (χ4n) is 1.35. The van der Waals surface area contributed by atoms with Gasteiger partial charge >= 0.3 is 0 Å². The molecule has 1 N–H and O–H groups in total. The molecule has 1 heterocycles. The summed E-state index contributed by atoms with van der Waals surface area (Å²) in [5.41, 5.74) is 2.02. The van der Waals surface area contributed by atoms with E-state index in [0.717, 1.165) is 24.3 Å². The summed E-state index contributed by atoms with van der Waals surface area (Å²) in [6.07, 6.45) is 2.68. The number of hydrogen-bond donors (Lipinski definition) is 1. The highest BCUT2D eigenvalue weighted by atomic mass is 15.5. The van der Waals surface area contributed by atoms with Crippen molar-refractivity contribution in [2.45, 2.75) is 13.3 Å². The first-order valence-corrected chi connectivity index (χ1v) is 4.98. The number of nitrogens with one attached hydrogen (secondary N) is 1. The molecule has 2 rings (SSSR count). The number of para-hydroxylation sites is 2. The lowest BCUT2D eigenvalue weighted by atomic mass is 10.2. The highest BCUT2D eigenvalue weighted by Gasteiger charge is 2.03. The summed E-state index contributed by atoms with van der Waals surface area (Å²) in [5, 5.41) is 14.5. The zero-order valence-corrected chi connectivity index (χ0v) is 8.59. The average molecular weight is 203 g/mol. The summed E-state index contributed by atoms with van der Waals surface area (Å²) >= 11 is 0. The first-order valence-electron chi connectivity index (χ1n) is 4.98. The van der Waals surface area contributed by atoms with Crippen molar-refractivity contribution < 1.29 is 0 Å². The Morgan fingerprint density at radius 1 is 1.33 bits per heavy atom. The van der Waals surface area contributed by atoms with Crippen molar-refractivity contribution in [1.29, 1.82) is 0 Å². The Hall–Kier alpha value is -1.91. The number of benzene rings is 1. The number of tetrazole rings is 1. The van der Waals surface area contributed by atoms with E-state index in [9.17, 15) is 0 Å². The quantitative estimate of drug-likeness (QED) is 0.817. The van der Waals surface area contributed by atoms with Crippen LogP contribution in [0.25, 0.3) is 5.69 Å². The molecule has 15 heavy (non-hydrogen) atoms. The van der Waals surface area contributed by atoms with Crippen LogP contribution in [0.2, 0.25) is 0 Å². The second kappa shape index (κ2) is 4.54. The van der Waals surface area contributed by atoms with E-state index in [-0.39, 0.29) is 0 Å². The molecule has 1 aromatic carbocycles. The van der Waals surface area contributed by atoms with Gasteiger partial charge in [0.1, 0.15) is 6.33 Å². The van der Waals surface area contributed by atoms with Crippen LogP contribution in [0.4, 0.5) is 5.69 Å². The van der Waals surface area contributed by atoms with Gasteiger partial charge in [0.05, 0.1) is 11.4 Å². The van der Waals surface area contributed by atoms with Gasteiger partial charge in [0.25, 0.3) is 0 Å². The predicted octanol–water partition coefficient (Wildman–Crippen LogP) is 1.48. The molecule has 0 bridgehead atoms. The SMILES string of the molecule is CCCNc1ccccc1-n1cnnn1. The van der Waals surface area contributed by atoms with Crippen LogP contribution in [0.15, 0.2) is 30.6 Å². The van der Waals surface area contributed by atoms with Crippen molar-refractivity contribution in [2.24, 2.45) is 0 Å². The summed E-state index contributed by atoms with van der Waals surface area (Å²) in [5.74, 6) is 0. The number of rotatable bonds is 4. The molecule has 0 unspecified atom stereocenters. The van der Waals surface area contributed by atoms with E-state index in [1.807, 2.05) is 24.3 Å². The zero-order valence-electron chi connectivity index (χ0n) is 8.59. The first-order chi connectivity index (χ1) is 7.42. The maximum atomic E-state index is 3.87. The molecular formula is C10H13N5. The van der Waals surface area contributed by atoms with Crippen LogP contribution in [-0.4, -0.2) is 26.8 Å².